The number of nitrogens with one attached hydrogen (secondary N) is 1. The number of aliphatic hydroxyl groups is 1. The van der Waals surface area contributed by atoms with Crippen LogP contribution in [0.15, 0.2) is 55.6 Å². The largest absolute Gasteiger partial charge is 0.455 e. The van der Waals surface area contributed by atoms with Crippen LogP contribution in [-0.2, 0) is 33.4 Å². The van der Waals surface area contributed by atoms with E-state index in [1.807, 2.05) is 51.1 Å². The van der Waals surface area contributed by atoms with Crippen molar-refractivity contribution in [3.63, 3.8) is 0 Å². The van der Waals surface area contributed by atoms with Crippen molar-refractivity contribution in [2.45, 2.75) is 100 Å². The predicted octanol–water partition coefficient (Wildman–Crippen LogP) is 4.34. The molecule has 276 valence electrons. The second-order valence-corrected chi connectivity index (χ2v) is 15.2. The van der Waals surface area contributed by atoms with Crippen LogP contribution in [0, 0.1) is 17.8 Å². The molecular weight excluding hydrogens is 706 g/mol. The fourth-order valence-corrected chi connectivity index (χ4v) is 8.87. The summed E-state index contributed by atoms with van der Waals surface area (Å²) in [7, 11) is 1.50. The molecule has 1 unspecified atom stereocenters. The van der Waals surface area contributed by atoms with Crippen LogP contribution >= 0.6 is 15.9 Å². The van der Waals surface area contributed by atoms with Crippen LogP contribution in [0.4, 0.5) is 0 Å². The third-order valence-electron chi connectivity index (χ3n) is 10.0. The molecule has 2 N–H and O–H groups in total. The number of ether oxygens (including phenoxy) is 3. The van der Waals surface area contributed by atoms with Crippen molar-refractivity contribution in [1.82, 2.24) is 15.1 Å². The molecular formula is C38H54BrN3O8. The second kappa shape index (κ2) is 17.9. The van der Waals surface area contributed by atoms with Crippen LogP contribution in [0.5, 0.6) is 0 Å². The maximum absolute atomic E-state index is 14.8. The predicted molar refractivity (Wildman–Crippen MR) is 193 cm³/mol. The molecule has 9 atom stereocenters. The molecule has 1 spiro atoms. The van der Waals surface area contributed by atoms with E-state index >= 15 is 0 Å². The monoisotopic (exact) mass is 759 g/mol. The third-order valence-corrected chi connectivity index (χ3v) is 10.9. The van der Waals surface area contributed by atoms with Crippen LogP contribution in [0.1, 0.15) is 71.0 Å². The van der Waals surface area contributed by atoms with E-state index in [4.69, 9.17) is 14.2 Å². The highest BCUT2D eigenvalue weighted by molar-refractivity contribution is 9.09. The lowest BCUT2D eigenvalue weighted by atomic mass is 9.70. The van der Waals surface area contributed by atoms with Gasteiger partial charge in [0.05, 0.1) is 43.2 Å². The molecule has 11 nitrogen and oxygen atoms in total. The summed E-state index contributed by atoms with van der Waals surface area (Å²) in [5, 5.41) is 13.6. The standard InChI is InChI=1S/C38H54BrN3O8/c1-7-10-17-29(44)40-28(23-48-6)32(25-15-13-12-14-16-25)49-37(47)30-31-35(45)42(26(22-43)20-24(4)5)34(38(31)21-27(39)33(30)50-38)36(46)41(18-9-3)19-11-8-2/h7,9,12-16,24,26-28,30-34,43H,1,3,8,10-11,17-23H2,2,4-6H3,(H,40,44)/t26-,27?,28+,30-,31+,32+,33-,34-,38+/m1/s1. The molecule has 4 rings (SSSR count). The maximum atomic E-state index is 14.8. The van der Waals surface area contributed by atoms with Crippen LogP contribution in [0.2, 0.25) is 0 Å². The quantitative estimate of drug-likeness (QED) is 0.114. The van der Waals surface area contributed by atoms with E-state index in [2.05, 4.69) is 34.4 Å². The minimum absolute atomic E-state index is 0.0548. The molecule has 0 aromatic heterocycles. The molecule has 1 aromatic carbocycles. The summed E-state index contributed by atoms with van der Waals surface area (Å²) in [4.78, 5) is 59.7. The summed E-state index contributed by atoms with van der Waals surface area (Å²) in [5.41, 5.74) is -0.679. The van der Waals surface area contributed by atoms with Gasteiger partial charge in [0.2, 0.25) is 17.7 Å². The zero-order chi connectivity index (χ0) is 36.6. The van der Waals surface area contributed by atoms with Gasteiger partial charge in [-0.05, 0) is 37.2 Å². The molecule has 0 aliphatic carbocycles. The Bertz CT molecular complexity index is 1360. The molecule has 12 heteroatoms. The Labute approximate surface area is 304 Å². The van der Waals surface area contributed by atoms with E-state index in [0.29, 0.717) is 31.4 Å². The Morgan fingerprint density at radius 3 is 2.54 bits per heavy atom. The number of nitrogens with zero attached hydrogens (tertiary/aromatic N) is 2. The number of halogens is 1. The number of amides is 3. The molecule has 0 saturated carbocycles. The molecule has 1 aromatic rings. The molecule has 2 bridgehead atoms. The van der Waals surface area contributed by atoms with Gasteiger partial charge in [0.15, 0.2) is 0 Å². The molecule has 3 amide bonds. The number of aliphatic hydroxyl groups excluding tert-OH is 1. The zero-order valence-corrected chi connectivity index (χ0v) is 31.4. The summed E-state index contributed by atoms with van der Waals surface area (Å²) >= 11 is 3.74. The number of hydrogen-bond acceptors (Lipinski definition) is 8. The topological polar surface area (TPSA) is 135 Å². The van der Waals surface area contributed by atoms with Gasteiger partial charge in [-0.25, -0.2) is 0 Å². The zero-order valence-electron chi connectivity index (χ0n) is 29.8. The summed E-state index contributed by atoms with van der Waals surface area (Å²) in [5.74, 6) is -3.54. The van der Waals surface area contributed by atoms with Crippen molar-refractivity contribution in [2.24, 2.45) is 17.8 Å². The van der Waals surface area contributed by atoms with Crippen molar-refractivity contribution in [3.8, 4) is 0 Å². The molecule has 0 radical (unpaired) electrons. The van der Waals surface area contributed by atoms with Gasteiger partial charge in [0, 0.05) is 31.4 Å². The van der Waals surface area contributed by atoms with E-state index in [9.17, 15) is 24.3 Å². The average Bonchev–Trinajstić information content (AvgIpc) is 3.69. The minimum Gasteiger partial charge on any atom is -0.455 e. The first-order valence-electron chi connectivity index (χ1n) is 17.8. The van der Waals surface area contributed by atoms with Crippen molar-refractivity contribution in [2.75, 3.05) is 33.4 Å². The fraction of sp³-hybridized carbons (Fsp3) is 0.632. The van der Waals surface area contributed by atoms with Crippen molar-refractivity contribution < 1.29 is 38.5 Å². The van der Waals surface area contributed by atoms with Crippen LogP contribution in [0.3, 0.4) is 0 Å². The number of methoxy groups -OCH3 is 1. The van der Waals surface area contributed by atoms with E-state index < -0.39 is 59.6 Å². The summed E-state index contributed by atoms with van der Waals surface area (Å²) in [6, 6.07) is 6.64. The van der Waals surface area contributed by atoms with Gasteiger partial charge >= 0.3 is 5.97 Å². The number of hydrogen-bond donors (Lipinski definition) is 2. The SMILES string of the molecule is C=CCCC(=O)N[C@@H](COC)[C@@H](OC(=O)[C@H]1[C@@H]2O[C@@]3(CC2Br)[C@@H]1C(=O)N([C@@H](CO)CC(C)C)[C@@H]3C(=O)N(CC=C)CCCC)c1ccccc1. The third kappa shape index (κ3) is 8.19. The normalized spacial score (nSPS) is 27.1. The lowest BCUT2D eigenvalue weighted by Gasteiger charge is -2.39. The van der Waals surface area contributed by atoms with E-state index in [-0.39, 0.29) is 48.7 Å². The first-order valence-corrected chi connectivity index (χ1v) is 18.7. The number of esters is 1. The Kier molecular flexibility index (Phi) is 14.2. The van der Waals surface area contributed by atoms with Gasteiger partial charge in [-0.1, -0.05) is 85.6 Å². The summed E-state index contributed by atoms with van der Waals surface area (Å²) in [6.07, 6.45) is 4.73. The molecule has 3 heterocycles. The lowest BCUT2D eigenvalue weighted by Crippen LogP contribution is -2.59. The fourth-order valence-electron chi connectivity index (χ4n) is 7.92. The van der Waals surface area contributed by atoms with Gasteiger partial charge in [-0.2, -0.15) is 0 Å². The number of unbranched alkanes of at least 4 members (excludes halogenated alkanes) is 1. The Hall–Kier alpha value is -3.06. The second-order valence-electron chi connectivity index (χ2n) is 14.0. The molecule has 50 heavy (non-hydrogen) atoms. The van der Waals surface area contributed by atoms with Crippen LogP contribution in [-0.4, -0.2) is 107 Å². The highest BCUT2D eigenvalue weighted by atomic mass is 79.9. The van der Waals surface area contributed by atoms with Gasteiger partial charge in [0.25, 0.3) is 0 Å². The molecule has 3 aliphatic rings. The number of carbonyl (C=O) groups excluding carboxylic acids is 4. The van der Waals surface area contributed by atoms with Gasteiger partial charge < -0.3 is 34.4 Å². The van der Waals surface area contributed by atoms with Gasteiger partial charge in [-0.15, -0.1) is 13.2 Å². The Balaban J connectivity index is 1.76. The molecule has 3 aliphatic heterocycles. The number of allylic oxidation sites excluding steroid dienone is 1. The number of rotatable bonds is 20. The molecule has 3 fully saturated rings. The first-order chi connectivity index (χ1) is 24.0. The van der Waals surface area contributed by atoms with Gasteiger partial charge in [0.1, 0.15) is 17.7 Å². The van der Waals surface area contributed by atoms with Gasteiger partial charge in [-0.3, -0.25) is 19.2 Å². The van der Waals surface area contributed by atoms with Crippen molar-refractivity contribution in [1.29, 1.82) is 0 Å². The average molecular weight is 761 g/mol. The number of carbonyl (C=O) groups is 4. The first kappa shape index (κ1) is 39.7. The lowest BCUT2D eigenvalue weighted by molar-refractivity contribution is -0.163. The number of fused-ring (bicyclic) bond motifs is 1. The number of likely N-dealkylation sites (tertiary alicyclic amines) is 1. The summed E-state index contributed by atoms with van der Waals surface area (Å²) < 4.78 is 18.5. The molecule has 3 saturated heterocycles. The van der Waals surface area contributed by atoms with E-state index in [1.165, 1.54) is 12.0 Å². The van der Waals surface area contributed by atoms with Crippen molar-refractivity contribution >= 4 is 39.6 Å². The van der Waals surface area contributed by atoms with E-state index in [1.54, 1.807) is 17.1 Å². The van der Waals surface area contributed by atoms with E-state index in [0.717, 1.165) is 12.8 Å². The Morgan fingerprint density at radius 1 is 1.22 bits per heavy atom. The number of alkyl halides is 1. The smallest absolute Gasteiger partial charge is 0.313 e. The highest BCUT2D eigenvalue weighted by Crippen LogP contribution is 2.61. The number of benzene rings is 1. The highest BCUT2D eigenvalue weighted by Gasteiger charge is 2.77. The maximum Gasteiger partial charge on any atom is 0.313 e. The van der Waals surface area contributed by atoms with Crippen molar-refractivity contribution in [3.05, 3.63) is 61.2 Å². The minimum atomic E-state index is -1.32. The Morgan fingerprint density at radius 2 is 1.94 bits per heavy atom. The van der Waals surface area contributed by atoms with Crippen LogP contribution < -0.4 is 5.32 Å². The summed E-state index contributed by atoms with van der Waals surface area (Å²) in [6.45, 7) is 14.1. The van der Waals surface area contributed by atoms with Crippen LogP contribution in [0.25, 0.3) is 0 Å².